The van der Waals surface area contributed by atoms with E-state index in [0.29, 0.717) is 6.07 Å². The molecule has 1 saturated heterocycles. The van der Waals surface area contributed by atoms with Gasteiger partial charge in [0.25, 0.3) is 5.91 Å². The number of carbonyl (C=O) groups excluding carboxylic acids is 3. The van der Waals surface area contributed by atoms with Crippen LogP contribution in [0.5, 0.6) is 11.5 Å². The molecule has 4 aromatic rings. The van der Waals surface area contributed by atoms with E-state index >= 15 is 0 Å². The number of nitrogens with one attached hydrogen (secondary N) is 1. The highest BCUT2D eigenvalue weighted by atomic mass is 32.2. The van der Waals surface area contributed by atoms with E-state index in [4.69, 9.17) is 41.3 Å². The van der Waals surface area contributed by atoms with Gasteiger partial charge in [-0.05, 0) is 77.6 Å². The summed E-state index contributed by atoms with van der Waals surface area (Å²) in [6.07, 6.45) is -4.45. The number of anilines is 1. The molecule has 0 bridgehead atoms. The lowest BCUT2D eigenvalue weighted by Crippen LogP contribution is -2.36. The Morgan fingerprint density at radius 3 is 2.46 bits per heavy atom. The predicted molar refractivity (Wildman–Crippen MR) is 177 cm³/mol. The second-order valence-corrected chi connectivity index (χ2v) is 10.9. The highest BCUT2D eigenvalue weighted by Crippen LogP contribution is 2.42. The summed E-state index contributed by atoms with van der Waals surface area (Å²) in [5, 5.41) is -2.15. The van der Waals surface area contributed by atoms with Gasteiger partial charge >= 0.3 is 0 Å². The minimum Gasteiger partial charge on any atom is -0.614 e. The van der Waals surface area contributed by atoms with E-state index in [2.05, 4.69) is 11.8 Å². The Bertz CT molecular complexity index is 2630. The van der Waals surface area contributed by atoms with Gasteiger partial charge in [0.15, 0.2) is 11.5 Å². The fourth-order valence-corrected chi connectivity index (χ4v) is 5.93. The Hall–Kier alpha value is -5.24. The lowest BCUT2D eigenvalue weighted by molar-refractivity contribution is -0.124. The zero-order chi connectivity index (χ0) is 49.0. The first-order valence-corrected chi connectivity index (χ1v) is 14.2. The van der Waals surface area contributed by atoms with Crippen LogP contribution in [0.3, 0.4) is 0 Å². The van der Waals surface area contributed by atoms with Crippen molar-refractivity contribution in [2.75, 3.05) is 25.5 Å². The van der Waals surface area contributed by atoms with Gasteiger partial charge in [0.2, 0.25) is 22.4 Å². The number of hydrogen-bond donors (Lipinski definition) is 2. The summed E-state index contributed by atoms with van der Waals surface area (Å²) in [7, 11) is -6.34. The lowest BCUT2D eigenvalue weighted by Gasteiger charge is -2.24. The van der Waals surface area contributed by atoms with Crippen molar-refractivity contribution in [2.24, 2.45) is 5.73 Å². The van der Waals surface area contributed by atoms with Gasteiger partial charge < -0.3 is 25.1 Å². The van der Waals surface area contributed by atoms with Crippen molar-refractivity contribution in [1.29, 1.82) is 0 Å². The van der Waals surface area contributed by atoms with Crippen molar-refractivity contribution in [3.05, 3.63) is 125 Å². The summed E-state index contributed by atoms with van der Waals surface area (Å²) in [5.41, 5.74) is 2.52. The summed E-state index contributed by atoms with van der Waals surface area (Å²) in [6, 6.07) is -0.0792. The maximum Gasteiger partial charge on any atom is 0.284 e. The van der Waals surface area contributed by atoms with E-state index in [1.807, 2.05) is 0 Å². The van der Waals surface area contributed by atoms with Gasteiger partial charge in [0.1, 0.15) is 0 Å². The fraction of sp³-hybridized carbons (Fsp3) is 0.194. The van der Waals surface area contributed by atoms with Crippen LogP contribution < -0.4 is 25.4 Å². The largest absolute Gasteiger partial charge is 0.614 e. The number of nitrogens with zero attached hydrogens (tertiary/aromatic N) is 1. The number of ether oxygens (including phenoxy) is 2. The number of amides is 3. The number of nitrogens with two attached hydrogens (primary N) is 1. The van der Waals surface area contributed by atoms with Crippen molar-refractivity contribution in [1.82, 2.24) is 5.32 Å². The molecule has 3 N–H and O–H groups in total. The normalized spacial score (nSPS) is 24.3. The smallest absolute Gasteiger partial charge is 0.284 e. The molecule has 0 radical (unpaired) electrons. The number of primary amides is 1. The van der Waals surface area contributed by atoms with Crippen LogP contribution in [-0.4, -0.2) is 48.1 Å². The Kier molecular flexibility index (Phi) is 5.06. The molecule has 0 unspecified atom stereocenters. The summed E-state index contributed by atoms with van der Waals surface area (Å²) >= 11 is -2.75. The van der Waals surface area contributed by atoms with Gasteiger partial charge in [-0.3, -0.25) is 19.3 Å². The molecule has 9 nitrogen and oxygen atoms in total. The van der Waals surface area contributed by atoms with Crippen molar-refractivity contribution < 1.29 is 54.5 Å². The molecule has 0 spiro atoms. The minimum absolute atomic E-state index is 0.181. The van der Waals surface area contributed by atoms with E-state index in [-0.39, 0.29) is 11.3 Å². The van der Waals surface area contributed by atoms with Crippen molar-refractivity contribution in [3.63, 3.8) is 0 Å². The van der Waals surface area contributed by atoms with Gasteiger partial charge in [0.05, 0.1) is 41.1 Å². The summed E-state index contributed by atoms with van der Waals surface area (Å²) < 4.78 is 178. The second-order valence-electron chi connectivity index (χ2n) is 9.20. The summed E-state index contributed by atoms with van der Waals surface area (Å²) in [5.74, 6) is -0.462. The molecule has 3 atom stereocenters. The monoisotopic (exact) mass is 654 g/mol. The maximum atomic E-state index is 14.5. The van der Waals surface area contributed by atoms with Crippen LogP contribution in [0.4, 0.5) is 5.69 Å². The van der Waals surface area contributed by atoms with Crippen LogP contribution in [-0.2, 0) is 27.1 Å². The molecule has 1 aliphatic heterocycles. The molecule has 1 fully saturated rings. The molecule has 10 heteroatoms. The van der Waals surface area contributed by atoms with Gasteiger partial charge in [0, 0.05) is 39.9 Å². The third-order valence-electron chi connectivity index (χ3n) is 6.30. The summed E-state index contributed by atoms with van der Waals surface area (Å²) in [6.45, 7) is -3.44. The zero-order valence-corrected chi connectivity index (χ0v) is 24.1. The van der Waals surface area contributed by atoms with Crippen molar-refractivity contribution >= 4 is 34.6 Å². The number of methoxy groups -OCH3 is 2. The van der Waals surface area contributed by atoms with Gasteiger partial charge in [-0.15, -0.1) is 0 Å². The van der Waals surface area contributed by atoms with Gasteiger partial charge in [-0.1, -0.05) is 54.2 Å². The Labute approximate surface area is 297 Å². The van der Waals surface area contributed by atoms with Crippen molar-refractivity contribution in [2.45, 2.75) is 23.4 Å². The number of benzene rings is 4. The van der Waals surface area contributed by atoms with Crippen molar-refractivity contribution in [3.8, 4) is 23.3 Å². The number of aryl methyl sites for hydroxylation is 1. The highest BCUT2D eigenvalue weighted by molar-refractivity contribution is 7.93. The van der Waals surface area contributed by atoms with Crippen LogP contribution in [0.1, 0.15) is 70.5 Å². The average Bonchev–Trinajstić information content (AvgIpc) is 3.43. The standard InChI is InChI=1S/C36H33N3O6S/c1-44-30-18-15-26(21-31(30)45-2)19-20-38-33(40)23-32-35(42)39(29-10-6-9-28(22-29)34(37)41)36(46(32)43)27-16-13-25(14-17-27)12-11-24-7-4-3-5-8-24/h3-10,13-18,21-22,32,36H,19-20,23H2,1-2H3,(H2,37,41)(H,38,40)/t32-,36+,46-/m1/s1/i1D3,2D3,3D,4D,5D,7D,8D,13D,14D,16D,17D,19D2,20D2. The highest BCUT2D eigenvalue weighted by Gasteiger charge is 2.53. The average molecular weight is 655 g/mol. The molecule has 234 valence electrons. The minimum atomic E-state index is -3.44. The van der Waals surface area contributed by atoms with E-state index in [1.165, 1.54) is 18.2 Å². The van der Waals surface area contributed by atoms with Crippen LogP contribution >= 0.6 is 0 Å². The first-order chi connectivity index (χ1) is 29.8. The Morgan fingerprint density at radius 2 is 1.74 bits per heavy atom. The van der Waals surface area contributed by atoms with Gasteiger partial charge in [-0.2, -0.15) is 0 Å². The van der Waals surface area contributed by atoms with Crippen LogP contribution in [0.15, 0.2) is 96.8 Å². The number of rotatable bonds is 10. The summed E-state index contributed by atoms with van der Waals surface area (Å²) in [4.78, 5) is 40.7. The molecule has 1 aliphatic rings. The molecule has 4 aromatic carbocycles. The number of hydrogen-bond acceptors (Lipinski definition) is 6. The first-order valence-electron chi connectivity index (χ1n) is 22.5. The molecule has 5 rings (SSSR count). The van der Waals surface area contributed by atoms with E-state index in [9.17, 15) is 18.9 Å². The maximum absolute atomic E-state index is 14.5. The molecule has 0 saturated carbocycles. The molecule has 0 aliphatic carbocycles. The molecule has 1 heterocycles. The molecule has 0 aromatic heterocycles. The molecular formula is C36H33N3O6S. The van der Waals surface area contributed by atoms with E-state index < -0.39 is 161 Å². The number of carbonyl (C=O) groups is 3. The van der Waals surface area contributed by atoms with Crippen LogP contribution in [0.2, 0.25) is 0 Å². The SMILES string of the molecule is [2H]c1c([2H])c([2H])c(C#Cc2c([2H])c([2H])c([C@H]3N(c4cccc(C(N)=O)c4)C(=O)[C@@H](CC(=O)NC([2H])([2H])C([2H])([2H])c4ccc(OC([2H])([2H])[2H])c(OC([2H])([2H])[2H])c4)[S@@+]3[O-])c([2H])c2[2H])c([2H])c1[2H]. The zero-order valence-electron chi connectivity index (χ0n) is 42.3. The first kappa shape index (κ1) is 15.9. The predicted octanol–water partition coefficient (Wildman–Crippen LogP) is 4.11. The lowest BCUT2D eigenvalue weighted by atomic mass is 10.1. The van der Waals surface area contributed by atoms with E-state index in [1.54, 1.807) is 5.32 Å². The van der Waals surface area contributed by atoms with Crippen LogP contribution in [0, 0.1) is 11.8 Å². The third-order valence-corrected chi connectivity index (χ3v) is 8.12. The van der Waals surface area contributed by atoms with Gasteiger partial charge in [-0.25, -0.2) is 0 Å². The van der Waals surface area contributed by atoms with E-state index in [0.717, 1.165) is 23.1 Å². The molecule has 3 amide bonds. The molecular weight excluding hydrogens is 602 g/mol. The quantitative estimate of drug-likeness (QED) is 0.195. The molecule has 46 heavy (non-hydrogen) atoms. The Morgan fingerprint density at radius 1 is 1.02 bits per heavy atom. The topological polar surface area (TPSA) is 134 Å². The third kappa shape index (κ3) is 7.34. The fourth-order valence-electron chi connectivity index (χ4n) is 4.20. The Balaban J connectivity index is 1.55. The van der Waals surface area contributed by atoms with Crippen LogP contribution in [0.25, 0.3) is 0 Å². The second kappa shape index (κ2) is 14.7.